The van der Waals surface area contributed by atoms with Crippen LogP contribution < -0.4 is 11.1 Å². The van der Waals surface area contributed by atoms with Crippen molar-refractivity contribution in [3.63, 3.8) is 0 Å². The molecule has 0 heterocycles. The summed E-state index contributed by atoms with van der Waals surface area (Å²) in [6.07, 6.45) is 1.77. The summed E-state index contributed by atoms with van der Waals surface area (Å²) in [6, 6.07) is -1.21. The first kappa shape index (κ1) is 14.9. The number of rotatable bonds is 8. The number of hydrogen-bond donors (Lipinski definition) is 4. The Kier molecular flexibility index (Phi) is 7.49. The van der Waals surface area contributed by atoms with E-state index in [0.717, 1.165) is 6.42 Å². The molecule has 5 N–H and O–H groups in total. The maximum atomic E-state index is 11.3. The van der Waals surface area contributed by atoms with Crippen LogP contribution in [0.2, 0.25) is 0 Å². The highest BCUT2D eigenvalue weighted by Crippen LogP contribution is 2.08. The molecule has 0 saturated heterocycles. The van der Waals surface area contributed by atoms with E-state index in [2.05, 4.69) is 5.32 Å². The number of carboxylic acid groups (broad SMARTS) is 1. The Hall–Kier alpha value is -1.14. The van der Waals surface area contributed by atoms with Gasteiger partial charge in [-0.25, -0.2) is 4.79 Å². The molecule has 1 unspecified atom stereocenters. The molecule has 0 bridgehead atoms. The van der Waals surface area contributed by atoms with Crippen LogP contribution in [0.4, 0.5) is 0 Å². The predicted molar refractivity (Wildman–Crippen MR) is 58.7 cm³/mol. The van der Waals surface area contributed by atoms with Crippen molar-refractivity contribution in [2.75, 3.05) is 13.2 Å². The number of nitrogens with one attached hydrogen (secondary N) is 1. The highest BCUT2D eigenvalue weighted by molar-refractivity contribution is 5.83. The molecule has 2 atom stereocenters. The average molecular weight is 232 g/mol. The molecule has 1 amide bonds. The van der Waals surface area contributed by atoms with Crippen LogP contribution in [0.3, 0.4) is 0 Å². The van der Waals surface area contributed by atoms with Crippen LogP contribution in [0, 0.1) is 5.92 Å². The first-order valence-electron chi connectivity index (χ1n) is 5.34. The van der Waals surface area contributed by atoms with Crippen molar-refractivity contribution in [1.29, 1.82) is 0 Å². The molecule has 0 aromatic rings. The van der Waals surface area contributed by atoms with E-state index in [4.69, 9.17) is 15.9 Å². The topological polar surface area (TPSA) is 113 Å². The van der Waals surface area contributed by atoms with E-state index in [0.29, 0.717) is 18.9 Å². The summed E-state index contributed by atoms with van der Waals surface area (Å²) in [4.78, 5) is 21.8. The van der Waals surface area contributed by atoms with Crippen molar-refractivity contribution >= 4 is 11.9 Å². The summed E-state index contributed by atoms with van der Waals surface area (Å²) >= 11 is 0. The second-order valence-electron chi connectivity index (χ2n) is 3.86. The molecular formula is C10H20N2O4. The second kappa shape index (κ2) is 8.06. The second-order valence-corrected chi connectivity index (χ2v) is 3.86. The number of carbonyl (C=O) groups is 2. The molecule has 0 aliphatic heterocycles. The number of aliphatic carboxylic acids is 1. The molecule has 0 aromatic carbocycles. The minimum absolute atomic E-state index is 0.255. The molecule has 16 heavy (non-hydrogen) atoms. The smallest absolute Gasteiger partial charge is 0.328 e. The van der Waals surface area contributed by atoms with Gasteiger partial charge in [-0.1, -0.05) is 6.92 Å². The lowest BCUT2D eigenvalue weighted by Crippen LogP contribution is -2.43. The molecule has 0 fully saturated rings. The Labute approximate surface area is 94.8 Å². The monoisotopic (exact) mass is 232 g/mol. The van der Waals surface area contributed by atoms with Crippen molar-refractivity contribution in [2.45, 2.75) is 32.2 Å². The average Bonchev–Trinajstić information content (AvgIpc) is 2.23. The largest absolute Gasteiger partial charge is 0.480 e. The van der Waals surface area contributed by atoms with Gasteiger partial charge >= 0.3 is 5.97 Å². The summed E-state index contributed by atoms with van der Waals surface area (Å²) in [6.45, 7) is 1.97. The maximum Gasteiger partial charge on any atom is 0.328 e. The molecule has 0 aliphatic carbocycles. The van der Waals surface area contributed by atoms with Crippen LogP contribution in [0.5, 0.6) is 0 Å². The quantitative estimate of drug-likeness (QED) is 0.442. The fourth-order valence-electron chi connectivity index (χ4n) is 1.26. The zero-order valence-electron chi connectivity index (χ0n) is 9.48. The van der Waals surface area contributed by atoms with E-state index in [1.807, 2.05) is 6.92 Å². The van der Waals surface area contributed by atoms with E-state index in [9.17, 15) is 9.59 Å². The SMILES string of the molecule is CC(CCN)CCC(=O)N[C@@H](CO)C(=O)O. The third-order valence-electron chi connectivity index (χ3n) is 2.34. The Bertz CT molecular complexity index is 233. The third-order valence-corrected chi connectivity index (χ3v) is 2.34. The summed E-state index contributed by atoms with van der Waals surface area (Å²) < 4.78 is 0. The van der Waals surface area contributed by atoms with E-state index in [1.54, 1.807) is 0 Å². The summed E-state index contributed by atoms with van der Waals surface area (Å²) in [5, 5.41) is 19.5. The molecule has 0 aliphatic rings. The Balaban J connectivity index is 3.85. The molecule has 0 aromatic heterocycles. The Morgan fingerprint density at radius 2 is 2.00 bits per heavy atom. The highest BCUT2D eigenvalue weighted by Gasteiger charge is 2.18. The van der Waals surface area contributed by atoms with Gasteiger partial charge in [-0.05, 0) is 25.3 Å². The van der Waals surface area contributed by atoms with Crippen molar-refractivity contribution in [3.8, 4) is 0 Å². The number of aliphatic hydroxyl groups excluding tert-OH is 1. The minimum atomic E-state index is -1.23. The Morgan fingerprint density at radius 3 is 2.44 bits per heavy atom. The number of carboxylic acids is 1. The molecule has 0 radical (unpaired) electrons. The number of nitrogens with two attached hydrogens (primary N) is 1. The van der Waals surface area contributed by atoms with Gasteiger partial charge < -0.3 is 21.3 Å². The van der Waals surface area contributed by atoms with E-state index in [1.165, 1.54) is 0 Å². The number of carbonyl (C=O) groups excluding carboxylic acids is 1. The van der Waals surface area contributed by atoms with Gasteiger partial charge in [0.2, 0.25) is 5.91 Å². The first-order chi connectivity index (χ1) is 7.51. The van der Waals surface area contributed by atoms with E-state index >= 15 is 0 Å². The number of hydrogen-bond acceptors (Lipinski definition) is 4. The number of amides is 1. The van der Waals surface area contributed by atoms with E-state index in [-0.39, 0.29) is 12.3 Å². The Morgan fingerprint density at radius 1 is 1.38 bits per heavy atom. The summed E-state index contributed by atoms with van der Waals surface area (Å²) in [5.41, 5.74) is 5.37. The van der Waals surface area contributed by atoms with Gasteiger partial charge in [0.15, 0.2) is 0 Å². The zero-order chi connectivity index (χ0) is 12.6. The van der Waals surface area contributed by atoms with E-state index < -0.39 is 18.6 Å². The van der Waals surface area contributed by atoms with Crippen LogP contribution in [0.15, 0.2) is 0 Å². The zero-order valence-corrected chi connectivity index (χ0v) is 9.48. The van der Waals surface area contributed by atoms with Gasteiger partial charge in [-0.3, -0.25) is 4.79 Å². The molecule has 6 heteroatoms. The standard InChI is InChI=1S/C10H20N2O4/c1-7(4-5-11)2-3-9(14)12-8(6-13)10(15)16/h7-8,13H,2-6,11H2,1H3,(H,12,14)(H,15,16)/t7?,8-/m0/s1. The van der Waals surface area contributed by atoms with Crippen LogP contribution in [-0.2, 0) is 9.59 Å². The summed E-state index contributed by atoms with van der Waals surface area (Å²) in [7, 11) is 0. The fourth-order valence-corrected chi connectivity index (χ4v) is 1.26. The van der Waals surface area contributed by atoms with Gasteiger partial charge in [0.25, 0.3) is 0 Å². The van der Waals surface area contributed by atoms with Crippen LogP contribution in [-0.4, -0.2) is 41.3 Å². The van der Waals surface area contributed by atoms with Gasteiger partial charge in [-0.15, -0.1) is 0 Å². The lowest BCUT2D eigenvalue weighted by Gasteiger charge is -2.13. The molecule has 6 nitrogen and oxygen atoms in total. The van der Waals surface area contributed by atoms with Crippen molar-refractivity contribution in [3.05, 3.63) is 0 Å². The summed E-state index contributed by atoms with van der Waals surface area (Å²) in [5.74, 6) is -1.25. The molecule has 0 spiro atoms. The molecule has 0 rings (SSSR count). The van der Waals surface area contributed by atoms with Gasteiger partial charge in [0.1, 0.15) is 6.04 Å². The number of aliphatic hydroxyl groups is 1. The first-order valence-corrected chi connectivity index (χ1v) is 5.34. The van der Waals surface area contributed by atoms with Crippen LogP contribution in [0.1, 0.15) is 26.2 Å². The third kappa shape index (κ3) is 6.36. The minimum Gasteiger partial charge on any atom is -0.480 e. The van der Waals surface area contributed by atoms with Crippen LogP contribution in [0.25, 0.3) is 0 Å². The normalized spacial score (nSPS) is 14.2. The van der Waals surface area contributed by atoms with Gasteiger partial charge in [-0.2, -0.15) is 0 Å². The molecule has 94 valence electrons. The fraction of sp³-hybridized carbons (Fsp3) is 0.800. The lowest BCUT2D eigenvalue weighted by molar-refractivity contribution is -0.143. The van der Waals surface area contributed by atoms with Crippen LogP contribution >= 0.6 is 0 Å². The lowest BCUT2D eigenvalue weighted by atomic mass is 10.0. The highest BCUT2D eigenvalue weighted by atomic mass is 16.4. The molecular weight excluding hydrogens is 212 g/mol. The van der Waals surface area contributed by atoms with Gasteiger partial charge in [0, 0.05) is 6.42 Å². The van der Waals surface area contributed by atoms with Gasteiger partial charge in [0.05, 0.1) is 6.61 Å². The maximum absolute atomic E-state index is 11.3. The predicted octanol–water partition coefficient (Wildman–Crippen LogP) is -0.687. The molecule has 0 saturated carbocycles. The van der Waals surface area contributed by atoms with Crippen molar-refractivity contribution in [2.24, 2.45) is 11.7 Å². The van der Waals surface area contributed by atoms with Crippen molar-refractivity contribution in [1.82, 2.24) is 5.32 Å². The van der Waals surface area contributed by atoms with Crippen molar-refractivity contribution < 1.29 is 19.8 Å².